The molecular weight excluding hydrogens is 304 g/mol. The van der Waals surface area contributed by atoms with Crippen LogP contribution in [0.4, 0.5) is 5.82 Å². The first-order valence-corrected chi connectivity index (χ1v) is 9.29. The Balaban J connectivity index is 1.74. The highest BCUT2D eigenvalue weighted by Crippen LogP contribution is 2.23. The van der Waals surface area contributed by atoms with Crippen molar-refractivity contribution in [3.8, 4) is 0 Å². The third kappa shape index (κ3) is 4.55. The SMILES string of the molecule is CSc1ncc(C=NCc2ccccc2)c(NC2CCCC2)n1. The molecule has 23 heavy (non-hydrogen) atoms. The van der Waals surface area contributed by atoms with Crippen molar-refractivity contribution in [2.45, 2.75) is 43.4 Å². The maximum Gasteiger partial charge on any atom is 0.189 e. The Hall–Kier alpha value is -1.88. The molecule has 0 saturated heterocycles. The number of thioether (sulfide) groups is 1. The molecule has 4 nitrogen and oxygen atoms in total. The van der Waals surface area contributed by atoms with Crippen LogP contribution in [0.3, 0.4) is 0 Å². The van der Waals surface area contributed by atoms with E-state index < -0.39 is 0 Å². The van der Waals surface area contributed by atoms with E-state index in [4.69, 9.17) is 0 Å². The average Bonchev–Trinajstić information content (AvgIpc) is 3.10. The van der Waals surface area contributed by atoms with Gasteiger partial charge in [0, 0.05) is 18.5 Å². The molecule has 0 radical (unpaired) electrons. The first-order chi connectivity index (χ1) is 11.3. The molecule has 0 bridgehead atoms. The summed E-state index contributed by atoms with van der Waals surface area (Å²) in [6.45, 7) is 0.675. The van der Waals surface area contributed by atoms with E-state index >= 15 is 0 Å². The van der Waals surface area contributed by atoms with E-state index in [0.29, 0.717) is 12.6 Å². The summed E-state index contributed by atoms with van der Waals surface area (Å²) in [6.07, 6.45) is 10.8. The summed E-state index contributed by atoms with van der Waals surface area (Å²) in [4.78, 5) is 13.6. The van der Waals surface area contributed by atoms with Gasteiger partial charge in [0.2, 0.25) is 0 Å². The first-order valence-electron chi connectivity index (χ1n) is 8.06. The van der Waals surface area contributed by atoms with Gasteiger partial charge >= 0.3 is 0 Å². The molecule has 1 N–H and O–H groups in total. The monoisotopic (exact) mass is 326 g/mol. The van der Waals surface area contributed by atoms with Crippen molar-refractivity contribution in [3.05, 3.63) is 47.7 Å². The van der Waals surface area contributed by atoms with Gasteiger partial charge in [0.1, 0.15) is 5.82 Å². The molecule has 1 aliphatic rings. The third-order valence-corrected chi connectivity index (χ3v) is 4.58. The summed E-state index contributed by atoms with van der Waals surface area (Å²) in [7, 11) is 0. The molecule has 1 heterocycles. The van der Waals surface area contributed by atoms with Gasteiger partial charge in [-0.3, -0.25) is 4.99 Å². The number of rotatable bonds is 6. The van der Waals surface area contributed by atoms with Crippen LogP contribution in [0.15, 0.2) is 46.7 Å². The minimum atomic E-state index is 0.529. The molecule has 1 aliphatic carbocycles. The number of hydrogen-bond acceptors (Lipinski definition) is 5. The van der Waals surface area contributed by atoms with Gasteiger partial charge < -0.3 is 5.32 Å². The van der Waals surface area contributed by atoms with E-state index in [0.717, 1.165) is 16.5 Å². The zero-order chi connectivity index (χ0) is 15.9. The van der Waals surface area contributed by atoms with Gasteiger partial charge in [-0.05, 0) is 24.7 Å². The number of hydrogen-bond donors (Lipinski definition) is 1. The molecule has 0 amide bonds. The molecule has 0 aliphatic heterocycles. The van der Waals surface area contributed by atoms with Gasteiger partial charge in [-0.25, -0.2) is 9.97 Å². The first kappa shape index (κ1) is 16.0. The van der Waals surface area contributed by atoms with Crippen molar-refractivity contribution in [2.75, 3.05) is 11.6 Å². The maximum absolute atomic E-state index is 4.63. The lowest BCUT2D eigenvalue weighted by atomic mass is 10.2. The smallest absolute Gasteiger partial charge is 0.189 e. The van der Waals surface area contributed by atoms with Crippen LogP contribution in [-0.2, 0) is 6.54 Å². The van der Waals surface area contributed by atoms with Gasteiger partial charge in [0.05, 0.1) is 12.1 Å². The molecule has 0 spiro atoms. The average molecular weight is 326 g/mol. The van der Waals surface area contributed by atoms with E-state index in [-0.39, 0.29) is 0 Å². The molecule has 0 unspecified atom stereocenters. The van der Waals surface area contributed by atoms with E-state index in [1.54, 1.807) is 11.8 Å². The van der Waals surface area contributed by atoms with Crippen LogP contribution < -0.4 is 5.32 Å². The zero-order valence-corrected chi connectivity index (χ0v) is 14.2. The molecule has 1 saturated carbocycles. The number of anilines is 1. The minimum Gasteiger partial charge on any atom is -0.367 e. The Bertz CT molecular complexity index is 651. The quantitative estimate of drug-likeness (QED) is 0.492. The van der Waals surface area contributed by atoms with E-state index in [2.05, 4.69) is 32.4 Å². The predicted octanol–water partition coefficient (Wildman–Crippen LogP) is 4.17. The molecule has 120 valence electrons. The van der Waals surface area contributed by atoms with Crippen LogP contribution in [0.2, 0.25) is 0 Å². The standard InChI is InChI=1S/C18H22N4S/c1-23-18-20-13-15(12-19-11-14-7-3-2-4-8-14)17(22-18)21-16-9-5-6-10-16/h2-4,7-8,12-13,16H,5-6,9-11H2,1H3,(H,20,21,22). The number of nitrogens with one attached hydrogen (secondary N) is 1. The lowest BCUT2D eigenvalue weighted by Gasteiger charge is -2.14. The lowest BCUT2D eigenvalue weighted by Crippen LogP contribution is -2.17. The van der Waals surface area contributed by atoms with Crippen LogP contribution in [0.25, 0.3) is 0 Å². The number of aliphatic imine (C=N–C) groups is 1. The predicted molar refractivity (Wildman–Crippen MR) is 97.4 cm³/mol. The van der Waals surface area contributed by atoms with Crippen molar-refractivity contribution in [1.82, 2.24) is 9.97 Å². The van der Waals surface area contributed by atoms with E-state index in [9.17, 15) is 0 Å². The minimum absolute atomic E-state index is 0.529. The van der Waals surface area contributed by atoms with Crippen molar-refractivity contribution < 1.29 is 0 Å². The third-order valence-electron chi connectivity index (χ3n) is 4.02. The number of aromatic nitrogens is 2. The fourth-order valence-corrected chi connectivity index (χ4v) is 3.12. The zero-order valence-electron chi connectivity index (χ0n) is 13.4. The highest BCUT2D eigenvalue weighted by atomic mass is 32.2. The van der Waals surface area contributed by atoms with Crippen molar-refractivity contribution in [1.29, 1.82) is 0 Å². The second-order valence-electron chi connectivity index (χ2n) is 5.74. The molecule has 5 heteroatoms. The second-order valence-corrected chi connectivity index (χ2v) is 6.52. The Labute approximate surface area is 141 Å². The number of benzene rings is 1. The molecule has 3 rings (SSSR count). The van der Waals surface area contributed by atoms with Crippen LogP contribution in [0.5, 0.6) is 0 Å². The summed E-state index contributed by atoms with van der Waals surface area (Å²) >= 11 is 1.56. The molecule has 2 aromatic rings. The Morgan fingerprint density at radius 1 is 1.26 bits per heavy atom. The maximum atomic E-state index is 4.63. The van der Waals surface area contributed by atoms with Gasteiger partial charge in [-0.1, -0.05) is 54.9 Å². The van der Waals surface area contributed by atoms with Crippen molar-refractivity contribution in [2.24, 2.45) is 4.99 Å². The molecular formula is C18H22N4S. The van der Waals surface area contributed by atoms with Gasteiger partial charge in [0.15, 0.2) is 5.16 Å². The van der Waals surface area contributed by atoms with Gasteiger partial charge in [-0.2, -0.15) is 0 Å². The van der Waals surface area contributed by atoms with Gasteiger partial charge in [0.25, 0.3) is 0 Å². The summed E-state index contributed by atoms with van der Waals surface area (Å²) in [5.74, 6) is 0.910. The molecule has 1 aromatic heterocycles. The Morgan fingerprint density at radius 2 is 2.04 bits per heavy atom. The van der Waals surface area contributed by atoms with Crippen LogP contribution >= 0.6 is 11.8 Å². The van der Waals surface area contributed by atoms with Crippen LogP contribution in [0, 0.1) is 0 Å². The summed E-state index contributed by atoms with van der Waals surface area (Å²) < 4.78 is 0. The Morgan fingerprint density at radius 3 is 2.78 bits per heavy atom. The molecule has 0 atom stereocenters. The fourth-order valence-electron chi connectivity index (χ4n) is 2.78. The highest BCUT2D eigenvalue weighted by molar-refractivity contribution is 7.98. The normalized spacial score (nSPS) is 15.3. The second kappa shape index (κ2) is 8.11. The lowest BCUT2D eigenvalue weighted by molar-refractivity contribution is 0.745. The van der Waals surface area contributed by atoms with Crippen molar-refractivity contribution in [3.63, 3.8) is 0 Å². The fraction of sp³-hybridized carbons (Fsp3) is 0.389. The summed E-state index contributed by atoms with van der Waals surface area (Å²) in [5.41, 5.74) is 2.17. The van der Waals surface area contributed by atoms with Gasteiger partial charge in [-0.15, -0.1) is 0 Å². The van der Waals surface area contributed by atoms with E-state index in [1.807, 2.05) is 36.9 Å². The molecule has 1 aromatic carbocycles. The Kier molecular flexibility index (Phi) is 5.64. The molecule has 1 fully saturated rings. The van der Waals surface area contributed by atoms with E-state index in [1.165, 1.54) is 31.2 Å². The van der Waals surface area contributed by atoms with Crippen LogP contribution in [-0.4, -0.2) is 28.5 Å². The number of nitrogens with zero attached hydrogens (tertiary/aromatic N) is 3. The summed E-state index contributed by atoms with van der Waals surface area (Å²) in [5, 5.41) is 4.37. The topological polar surface area (TPSA) is 50.2 Å². The van der Waals surface area contributed by atoms with Crippen LogP contribution in [0.1, 0.15) is 36.8 Å². The van der Waals surface area contributed by atoms with Crippen molar-refractivity contribution >= 4 is 23.8 Å². The summed E-state index contributed by atoms with van der Waals surface area (Å²) in [6, 6.07) is 10.8. The largest absolute Gasteiger partial charge is 0.367 e. The highest BCUT2D eigenvalue weighted by Gasteiger charge is 2.16.